The predicted octanol–water partition coefficient (Wildman–Crippen LogP) is 2.53. The third-order valence-electron chi connectivity index (χ3n) is 2.54. The van der Waals surface area contributed by atoms with Crippen molar-refractivity contribution in [3.63, 3.8) is 0 Å². The second-order valence-corrected chi connectivity index (χ2v) is 4.82. The lowest BCUT2D eigenvalue weighted by Gasteiger charge is -2.02. The molecule has 4 nitrogen and oxygen atoms in total. The van der Waals surface area contributed by atoms with Crippen molar-refractivity contribution in [3.05, 3.63) is 34.5 Å². The van der Waals surface area contributed by atoms with Crippen molar-refractivity contribution in [2.45, 2.75) is 6.92 Å². The molecule has 1 heterocycles. The van der Waals surface area contributed by atoms with Gasteiger partial charge in [0, 0.05) is 22.9 Å². The number of amides is 1. The zero-order valence-corrected chi connectivity index (χ0v) is 11.7. The van der Waals surface area contributed by atoms with Gasteiger partial charge in [0.05, 0.1) is 0 Å². The fourth-order valence-electron chi connectivity index (χ4n) is 1.65. The standard InChI is InChI=1S/C13H15BrN2O2/c1-2-15-5-6-16-13(17)12-8-9-7-10(14)3-4-11(9)18-12/h3-4,7-8,15H,2,5-6H2,1H3,(H,16,17). The fourth-order valence-corrected chi connectivity index (χ4v) is 2.03. The van der Waals surface area contributed by atoms with Crippen LogP contribution >= 0.6 is 15.9 Å². The molecule has 96 valence electrons. The fraction of sp³-hybridized carbons (Fsp3) is 0.308. The molecule has 2 aromatic rings. The smallest absolute Gasteiger partial charge is 0.287 e. The van der Waals surface area contributed by atoms with Crippen LogP contribution in [0.15, 0.2) is 33.2 Å². The van der Waals surface area contributed by atoms with E-state index >= 15 is 0 Å². The zero-order valence-electron chi connectivity index (χ0n) is 10.1. The van der Waals surface area contributed by atoms with Gasteiger partial charge in [-0.2, -0.15) is 0 Å². The second kappa shape index (κ2) is 6.02. The molecule has 2 N–H and O–H groups in total. The van der Waals surface area contributed by atoms with E-state index in [1.54, 1.807) is 6.07 Å². The molecular formula is C13H15BrN2O2. The molecule has 0 saturated heterocycles. The third-order valence-corrected chi connectivity index (χ3v) is 3.03. The van der Waals surface area contributed by atoms with Crippen LogP contribution in [0, 0.1) is 0 Å². The van der Waals surface area contributed by atoms with Crippen molar-refractivity contribution in [1.29, 1.82) is 0 Å². The number of hydrogen-bond donors (Lipinski definition) is 2. The van der Waals surface area contributed by atoms with Crippen LogP contribution in [0.3, 0.4) is 0 Å². The van der Waals surface area contributed by atoms with Gasteiger partial charge in [-0.25, -0.2) is 0 Å². The van der Waals surface area contributed by atoms with Crippen LogP contribution in [0.1, 0.15) is 17.5 Å². The molecule has 5 heteroatoms. The van der Waals surface area contributed by atoms with Crippen LogP contribution in [-0.2, 0) is 0 Å². The van der Waals surface area contributed by atoms with E-state index in [0.717, 1.165) is 28.5 Å². The Morgan fingerprint density at radius 2 is 2.17 bits per heavy atom. The molecule has 0 aliphatic heterocycles. The maximum atomic E-state index is 11.8. The van der Waals surface area contributed by atoms with Crippen LogP contribution < -0.4 is 10.6 Å². The van der Waals surface area contributed by atoms with Gasteiger partial charge in [-0.1, -0.05) is 22.9 Å². The van der Waals surface area contributed by atoms with E-state index < -0.39 is 0 Å². The van der Waals surface area contributed by atoms with E-state index in [0.29, 0.717) is 12.3 Å². The molecule has 1 aromatic heterocycles. The van der Waals surface area contributed by atoms with Gasteiger partial charge in [-0.05, 0) is 30.8 Å². The number of rotatable bonds is 5. The van der Waals surface area contributed by atoms with Gasteiger partial charge < -0.3 is 15.1 Å². The summed E-state index contributed by atoms with van der Waals surface area (Å²) in [6.07, 6.45) is 0. The van der Waals surface area contributed by atoms with E-state index in [2.05, 4.69) is 26.6 Å². The number of carbonyl (C=O) groups is 1. The van der Waals surface area contributed by atoms with Gasteiger partial charge in [0.1, 0.15) is 5.58 Å². The van der Waals surface area contributed by atoms with E-state index in [9.17, 15) is 4.79 Å². The Kier molecular flexibility index (Phi) is 4.38. The Morgan fingerprint density at radius 1 is 1.33 bits per heavy atom. The van der Waals surface area contributed by atoms with Crippen molar-refractivity contribution >= 4 is 32.8 Å². The zero-order chi connectivity index (χ0) is 13.0. The molecule has 0 bridgehead atoms. The number of likely N-dealkylation sites (N-methyl/N-ethyl adjacent to an activating group) is 1. The summed E-state index contributed by atoms with van der Waals surface area (Å²) >= 11 is 3.39. The first-order valence-corrected chi connectivity index (χ1v) is 6.68. The van der Waals surface area contributed by atoms with Crippen LogP contribution in [0.5, 0.6) is 0 Å². The van der Waals surface area contributed by atoms with Gasteiger partial charge in [0.25, 0.3) is 5.91 Å². The summed E-state index contributed by atoms with van der Waals surface area (Å²) in [6.45, 7) is 4.27. The topological polar surface area (TPSA) is 54.3 Å². The van der Waals surface area contributed by atoms with Gasteiger partial charge in [-0.3, -0.25) is 4.79 Å². The van der Waals surface area contributed by atoms with Crippen molar-refractivity contribution in [3.8, 4) is 0 Å². The Hall–Kier alpha value is -1.33. The maximum Gasteiger partial charge on any atom is 0.287 e. The van der Waals surface area contributed by atoms with Gasteiger partial charge in [0.2, 0.25) is 0 Å². The average molecular weight is 311 g/mol. The highest BCUT2D eigenvalue weighted by Crippen LogP contribution is 2.23. The molecule has 2 rings (SSSR count). The first-order valence-electron chi connectivity index (χ1n) is 5.88. The largest absolute Gasteiger partial charge is 0.451 e. The molecule has 0 saturated carbocycles. The maximum absolute atomic E-state index is 11.8. The molecule has 0 fully saturated rings. The number of furan rings is 1. The average Bonchev–Trinajstić information content (AvgIpc) is 2.77. The molecule has 0 aliphatic rings. The van der Waals surface area contributed by atoms with Crippen molar-refractivity contribution in [2.24, 2.45) is 0 Å². The summed E-state index contributed by atoms with van der Waals surface area (Å²) < 4.78 is 6.46. The number of benzene rings is 1. The Bertz CT molecular complexity index is 551. The molecular weight excluding hydrogens is 296 g/mol. The number of carbonyl (C=O) groups excluding carboxylic acids is 1. The van der Waals surface area contributed by atoms with E-state index in [1.165, 1.54) is 0 Å². The lowest BCUT2D eigenvalue weighted by atomic mass is 10.2. The van der Waals surface area contributed by atoms with Crippen LogP contribution in [0.2, 0.25) is 0 Å². The van der Waals surface area contributed by atoms with E-state index in [4.69, 9.17) is 4.42 Å². The molecule has 18 heavy (non-hydrogen) atoms. The summed E-state index contributed by atoms with van der Waals surface area (Å²) in [7, 11) is 0. The van der Waals surface area contributed by atoms with E-state index in [-0.39, 0.29) is 5.91 Å². The third kappa shape index (κ3) is 3.11. The first-order chi connectivity index (χ1) is 8.70. The molecule has 0 atom stereocenters. The highest BCUT2D eigenvalue weighted by molar-refractivity contribution is 9.10. The minimum Gasteiger partial charge on any atom is -0.451 e. The van der Waals surface area contributed by atoms with Gasteiger partial charge in [0.15, 0.2) is 5.76 Å². The van der Waals surface area contributed by atoms with Crippen molar-refractivity contribution in [1.82, 2.24) is 10.6 Å². The second-order valence-electron chi connectivity index (χ2n) is 3.90. The predicted molar refractivity (Wildman–Crippen MR) is 74.8 cm³/mol. The SMILES string of the molecule is CCNCCNC(=O)c1cc2cc(Br)ccc2o1. The molecule has 0 spiro atoms. The quantitative estimate of drug-likeness (QED) is 0.834. The first kappa shape index (κ1) is 13.1. The summed E-state index contributed by atoms with van der Waals surface area (Å²) in [4.78, 5) is 11.8. The molecule has 1 amide bonds. The lowest BCUT2D eigenvalue weighted by Crippen LogP contribution is -2.31. The lowest BCUT2D eigenvalue weighted by molar-refractivity contribution is 0.0928. The van der Waals surface area contributed by atoms with Gasteiger partial charge in [-0.15, -0.1) is 0 Å². The van der Waals surface area contributed by atoms with Crippen LogP contribution in [0.25, 0.3) is 11.0 Å². The summed E-state index contributed by atoms with van der Waals surface area (Å²) in [5.41, 5.74) is 0.718. The normalized spacial score (nSPS) is 10.8. The minimum absolute atomic E-state index is 0.180. The number of hydrogen-bond acceptors (Lipinski definition) is 3. The summed E-state index contributed by atoms with van der Waals surface area (Å²) in [6, 6.07) is 7.41. The number of halogens is 1. The summed E-state index contributed by atoms with van der Waals surface area (Å²) in [5.74, 6) is 0.167. The van der Waals surface area contributed by atoms with Crippen LogP contribution in [0.4, 0.5) is 0 Å². The van der Waals surface area contributed by atoms with Crippen LogP contribution in [-0.4, -0.2) is 25.5 Å². The molecule has 0 radical (unpaired) electrons. The Balaban J connectivity index is 2.04. The van der Waals surface area contributed by atoms with Crippen molar-refractivity contribution < 1.29 is 9.21 Å². The summed E-state index contributed by atoms with van der Waals surface area (Å²) in [5, 5.41) is 6.86. The van der Waals surface area contributed by atoms with Crippen molar-refractivity contribution in [2.75, 3.05) is 19.6 Å². The van der Waals surface area contributed by atoms with Gasteiger partial charge >= 0.3 is 0 Å². The molecule has 0 unspecified atom stereocenters. The molecule has 0 aliphatic carbocycles. The molecule has 1 aromatic carbocycles. The Labute approximate surface area is 114 Å². The van der Waals surface area contributed by atoms with E-state index in [1.807, 2.05) is 25.1 Å². The highest BCUT2D eigenvalue weighted by Gasteiger charge is 2.11. The number of nitrogens with one attached hydrogen (secondary N) is 2. The monoisotopic (exact) mass is 310 g/mol. The number of fused-ring (bicyclic) bond motifs is 1. The minimum atomic E-state index is -0.180. The highest BCUT2D eigenvalue weighted by atomic mass is 79.9. The Morgan fingerprint density at radius 3 is 2.94 bits per heavy atom.